The van der Waals surface area contributed by atoms with Gasteiger partial charge in [-0.05, 0) is 44.5 Å². The molecule has 118 valence electrons. The van der Waals surface area contributed by atoms with Gasteiger partial charge in [-0.2, -0.15) is 5.26 Å². The van der Waals surface area contributed by atoms with Crippen LogP contribution in [0.3, 0.4) is 0 Å². The lowest BCUT2D eigenvalue weighted by molar-refractivity contribution is 0.253. The first kappa shape index (κ1) is 15.7. The summed E-state index contributed by atoms with van der Waals surface area (Å²) in [6.45, 7) is 6.43. The minimum absolute atomic E-state index is 0.257. The molecule has 1 aromatic carbocycles. The number of nitrogens with zero attached hydrogens (tertiary/aromatic N) is 3. The van der Waals surface area contributed by atoms with Gasteiger partial charge in [0.15, 0.2) is 0 Å². The van der Waals surface area contributed by atoms with E-state index in [-0.39, 0.29) is 5.92 Å². The molecule has 1 aromatic heterocycles. The van der Waals surface area contributed by atoms with Crippen LogP contribution in [0, 0.1) is 17.2 Å². The number of nitriles is 1. The van der Waals surface area contributed by atoms with Gasteiger partial charge in [0, 0.05) is 24.7 Å². The van der Waals surface area contributed by atoms with Crippen LogP contribution in [0.2, 0.25) is 0 Å². The third-order valence-corrected chi connectivity index (χ3v) is 5.04. The van der Waals surface area contributed by atoms with Crippen LogP contribution in [-0.4, -0.2) is 29.0 Å². The Kier molecular flexibility index (Phi) is 4.45. The molecule has 2 unspecified atom stereocenters. The first-order chi connectivity index (χ1) is 11.2. The monoisotopic (exact) mass is 305 g/mol. The lowest BCUT2D eigenvalue weighted by atomic mass is 9.68. The molecule has 23 heavy (non-hydrogen) atoms. The van der Waals surface area contributed by atoms with Crippen molar-refractivity contribution >= 4 is 0 Å². The fourth-order valence-corrected chi connectivity index (χ4v) is 3.71. The van der Waals surface area contributed by atoms with Gasteiger partial charge < -0.3 is 4.90 Å². The van der Waals surface area contributed by atoms with Crippen molar-refractivity contribution in [2.75, 3.05) is 13.1 Å². The van der Waals surface area contributed by atoms with E-state index in [1.165, 1.54) is 0 Å². The molecule has 2 heterocycles. The molecule has 1 aliphatic rings. The summed E-state index contributed by atoms with van der Waals surface area (Å²) in [5, 5.41) is 10.3. The topological polar surface area (TPSA) is 39.9 Å². The van der Waals surface area contributed by atoms with E-state index < -0.39 is 5.41 Å². The summed E-state index contributed by atoms with van der Waals surface area (Å²) < 4.78 is 0. The zero-order chi connectivity index (χ0) is 16.3. The van der Waals surface area contributed by atoms with Crippen molar-refractivity contribution in [3.05, 3.63) is 66.0 Å². The molecule has 0 N–H and O–H groups in total. The molecule has 3 rings (SSSR count). The van der Waals surface area contributed by atoms with Gasteiger partial charge in [0.05, 0.1) is 11.8 Å². The number of hydrogen-bond donors (Lipinski definition) is 0. The fourth-order valence-electron chi connectivity index (χ4n) is 3.71. The normalized spacial score (nSPS) is 21.0. The fraction of sp³-hybridized carbons (Fsp3) is 0.400. The van der Waals surface area contributed by atoms with Gasteiger partial charge in [-0.15, -0.1) is 0 Å². The third-order valence-electron chi connectivity index (χ3n) is 5.04. The SMILES string of the molecule is CC(C)N1CCC(C(C#N)(c2ccccc2)c2ccccn2)C1. The maximum absolute atomic E-state index is 10.3. The minimum atomic E-state index is -0.674. The van der Waals surface area contributed by atoms with Gasteiger partial charge in [-0.25, -0.2) is 0 Å². The Labute approximate surface area is 138 Å². The Hall–Kier alpha value is -2.18. The summed E-state index contributed by atoms with van der Waals surface area (Å²) in [5.41, 5.74) is 1.24. The lowest BCUT2D eigenvalue weighted by Crippen LogP contribution is -2.39. The Morgan fingerprint density at radius 3 is 2.48 bits per heavy atom. The number of hydrogen-bond acceptors (Lipinski definition) is 3. The predicted molar refractivity (Wildman–Crippen MR) is 91.9 cm³/mol. The quantitative estimate of drug-likeness (QED) is 0.866. The zero-order valence-electron chi connectivity index (χ0n) is 13.8. The molecule has 0 amide bonds. The van der Waals surface area contributed by atoms with E-state index in [0.29, 0.717) is 6.04 Å². The first-order valence-electron chi connectivity index (χ1n) is 8.31. The highest BCUT2D eigenvalue weighted by molar-refractivity contribution is 5.44. The number of benzene rings is 1. The van der Waals surface area contributed by atoms with Crippen LogP contribution in [0.5, 0.6) is 0 Å². The van der Waals surface area contributed by atoms with Gasteiger partial charge in [-0.3, -0.25) is 4.98 Å². The summed E-state index contributed by atoms with van der Waals surface area (Å²) in [6.07, 6.45) is 2.82. The van der Waals surface area contributed by atoms with E-state index >= 15 is 0 Å². The van der Waals surface area contributed by atoms with Crippen LogP contribution in [0.1, 0.15) is 31.5 Å². The second-order valence-corrected chi connectivity index (χ2v) is 6.58. The second-order valence-electron chi connectivity index (χ2n) is 6.58. The standard InChI is InChI=1S/C20H23N3/c1-16(2)23-13-11-18(14-23)20(15-21,17-8-4-3-5-9-17)19-10-6-7-12-22-19/h3-10,12,16,18H,11,13-14H2,1-2H3. The molecule has 0 bridgehead atoms. The van der Waals surface area contributed by atoms with Crippen molar-refractivity contribution in [3.63, 3.8) is 0 Å². The minimum Gasteiger partial charge on any atom is -0.301 e. The van der Waals surface area contributed by atoms with Crippen molar-refractivity contribution in [3.8, 4) is 6.07 Å². The van der Waals surface area contributed by atoms with Gasteiger partial charge in [0.25, 0.3) is 0 Å². The van der Waals surface area contributed by atoms with Gasteiger partial charge in [0.2, 0.25) is 0 Å². The van der Waals surface area contributed by atoms with Gasteiger partial charge >= 0.3 is 0 Å². The number of pyridine rings is 1. The molecule has 3 nitrogen and oxygen atoms in total. The van der Waals surface area contributed by atoms with Crippen molar-refractivity contribution in [2.45, 2.75) is 31.7 Å². The van der Waals surface area contributed by atoms with Crippen molar-refractivity contribution < 1.29 is 0 Å². The summed E-state index contributed by atoms with van der Waals surface area (Å²) in [4.78, 5) is 7.03. The number of rotatable bonds is 4. The van der Waals surface area contributed by atoms with E-state index in [4.69, 9.17) is 0 Å². The number of likely N-dealkylation sites (tertiary alicyclic amines) is 1. The van der Waals surface area contributed by atoms with E-state index in [9.17, 15) is 5.26 Å². The first-order valence-corrected chi connectivity index (χ1v) is 8.31. The molecule has 0 aliphatic carbocycles. The molecule has 2 aromatic rings. The van der Waals surface area contributed by atoms with Crippen molar-refractivity contribution in [1.82, 2.24) is 9.88 Å². The van der Waals surface area contributed by atoms with Crippen LogP contribution in [-0.2, 0) is 5.41 Å². The molecule has 1 saturated heterocycles. The maximum Gasteiger partial charge on any atom is 0.128 e. The molecule has 2 atom stereocenters. The summed E-state index contributed by atoms with van der Waals surface area (Å²) in [6, 6.07) is 19.2. The van der Waals surface area contributed by atoms with Crippen LogP contribution in [0.15, 0.2) is 54.7 Å². The zero-order valence-corrected chi connectivity index (χ0v) is 13.8. The summed E-state index contributed by atoms with van der Waals surface area (Å²) in [5.74, 6) is 0.257. The highest BCUT2D eigenvalue weighted by atomic mass is 15.2. The average molecular weight is 305 g/mol. The van der Waals surface area contributed by atoms with Gasteiger partial charge in [-0.1, -0.05) is 36.4 Å². The van der Waals surface area contributed by atoms with Crippen LogP contribution >= 0.6 is 0 Å². The Morgan fingerprint density at radius 1 is 1.17 bits per heavy atom. The third kappa shape index (κ3) is 2.75. The smallest absolute Gasteiger partial charge is 0.128 e. The summed E-state index contributed by atoms with van der Waals surface area (Å²) >= 11 is 0. The molecular formula is C20H23N3. The van der Waals surface area contributed by atoms with Crippen LogP contribution < -0.4 is 0 Å². The van der Waals surface area contributed by atoms with Crippen LogP contribution in [0.25, 0.3) is 0 Å². The molecule has 0 saturated carbocycles. The van der Waals surface area contributed by atoms with Crippen molar-refractivity contribution in [2.24, 2.45) is 5.92 Å². The van der Waals surface area contributed by atoms with E-state index in [1.807, 2.05) is 36.4 Å². The maximum atomic E-state index is 10.3. The molecule has 0 spiro atoms. The highest BCUT2D eigenvalue weighted by Crippen LogP contribution is 2.42. The molecule has 1 aliphatic heterocycles. The summed E-state index contributed by atoms with van der Waals surface area (Å²) in [7, 11) is 0. The Bertz CT molecular complexity index is 634. The molecule has 1 fully saturated rings. The van der Waals surface area contributed by atoms with Gasteiger partial charge in [0.1, 0.15) is 5.41 Å². The van der Waals surface area contributed by atoms with E-state index in [0.717, 1.165) is 30.8 Å². The molecule has 3 heteroatoms. The lowest BCUT2D eigenvalue weighted by Gasteiger charge is -2.33. The average Bonchev–Trinajstić information content (AvgIpc) is 3.09. The predicted octanol–water partition coefficient (Wildman–Crippen LogP) is 3.62. The Balaban J connectivity index is 2.10. The van der Waals surface area contributed by atoms with Crippen molar-refractivity contribution in [1.29, 1.82) is 5.26 Å². The van der Waals surface area contributed by atoms with E-state index in [1.54, 1.807) is 6.20 Å². The molecule has 0 radical (unpaired) electrons. The highest BCUT2D eigenvalue weighted by Gasteiger charge is 2.46. The largest absolute Gasteiger partial charge is 0.301 e. The molecular weight excluding hydrogens is 282 g/mol. The Morgan fingerprint density at radius 2 is 1.91 bits per heavy atom. The number of aromatic nitrogens is 1. The van der Waals surface area contributed by atoms with E-state index in [2.05, 4.69) is 41.9 Å². The van der Waals surface area contributed by atoms with Crippen LogP contribution in [0.4, 0.5) is 0 Å². The second kappa shape index (κ2) is 6.52.